The normalized spacial score (nSPS) is 10.8. The number of nitrogens with zero attached hydrogens (tertiary/aromatic N) is 2. The number of benzene rings is 2. The Bertz CT molecular complexity index is 814. The lowest BCUT2D eigenvalue weighted by Gasteiger charge is -2.03. The Balaban J connectivity index is 2.03. The van der Waals surface area contributed by atoms with E-state index in [0.29, 0.717) is 27.4 Å². The van der Waals surface area contributed by atoms with Gasteiger partial charge in [-0.05, 0) is 42.8 Å². The second-order valence-corrected chi connectivity index (χ2v) is 5.39. The molecule has 0 saturated heterocycles. The van der Waals surface area contributed by atoms with Gasteiger partial charge in [0.2, 0.25) is 5.82 Å². The largest absolute Gasteiger partial charge is 0.398 e. The molecule has 0 radical (unpaired) electrons. The number of hydrogen-bond donors (Lipinski definition) is 1. The van der Waals surface area contributed by atoms with Gasteiger partial charge in [0, 0.05) is 16.8 Å². The molecule has 0 saturated carbocycles. The number of hydrogen-bond acceptors (Lipinski definition) is 4. The van der Waals surface area contributed by atoms with Crippen LogP contribution in [-0.4, -0.2) is 10.1 Å². The van der Waals surface area contributed by atoms with Gasteiger partial charge in [0.1, 0.15) is 0 Å². The van der Waals surface area contributed by atoms with Gasteiger partial charge >= 0.3 is 0 Å². The van der Waals surface area contributed by atoms with E-state index in [1.165, 1.54) is 0 Å². The van der Waals surface area contributed by atoms with Crippen LogP contribution in [0.4, 0.5) is 5.69 Å². The zero-order chi connectivity index (χ0) is 15.0. The summed E-state index contributed by atoms with van der Waals surface area (Å²) in [6.45, 7) is 1.91. The Kier molecular flexibility index (Phi) is 3.57. The van der Waals surface area contributed by atoms with Crippen molar-refractivity contribution in [2.24, 2.45) is 0 Å². The van der Waals surface area contributed by atoms with Crippen LogP contribution in [0.25, 0.3) is 22.8 Å². The first-order valence-corrected chi connectivity index (χ1v) is 6.96. The summed E-state index contributed by atoms with van der Waals surface area (Å²) in [5.41, 5.74) is 9.03. The van der Waals surface area contributed by atoms with Gasteiger partial charge in [0.15, 0.2) is 0 Å². The van der Waals surface area contributed by atoms with E-state index >= 15 is 0 Å². The van der Waals surface area contributed by atoms with Crippen molar-refractivity contribution >= 4 is 28.9 Å². The topological polar surface area (TPSA) is 64.9 Å². The second-order valence-electron chi connectivity index (χ2n) is 4.57. The third kappa shape index (κ3) is 2.60. The van der Waals surface area contributed by atoms with Crippen molar-refractivity contribution < 1.29 is 4.52 Å². The van der Waals surface area contributed by atoms with E-state index < -0.39 is 0 Å². The third-order valence-corrected chi connectivity index (χ3v) is 3.95. The summed E-state index contributed by atoms with van der Waals surface area (Å²) >= 11 is 11.9. The van der Waals surface area contributed by atoms with Crippen molar-refractivity contribution in [1.82, 2.24) is 10.1 Å². The summed E-state index contributed by atoms with van der Waals surface area (Å²) in [7, 11) is 0. The standard InChI is InChI=1S/C15H11Cl2N3O/c1-8-10(3-2-4-13(8)18)15-19-14(20-21-15)9-5-6-11(16)12(17)7-9/h2-7H,18H2,1H3. The van der Waals surface area contributed by atoms with Gasteiger partial charge in [-0.25, -0.2) is 0 Å². The molecule has 2 aromatic carbocycles. The molecule has 4 nitrogen and oxygen atoms in total. The first kappa shape index (κ1) is 13.9. The fourth-order valence-corrected chi connectivity index (χ4v) is 2.27. The molecule has 106 valence electrons. The molecule has 2 N–H and O–H groups in total. The van der Waals surface area contributed by atoms with Gasteiger partial charge in [-0.2, -0.15) is 4.98 Å². The van der Waals surface area contributed by atoms with E-state index in [1.54, 1.807) is 18.2 Å². The molecule has 21 heavy (non-hydrogen) atoms. The first-order valence-electron chi connectivity index (χ1n) is 6.21. The first-order chi connectivity index (χ1) is 10.1. The zero-order valence-electron chi connectivity index (χ0n) is 11.1. The molecule has 3 aromatic rings. The Hall–Kier alpha value is -2.04. The van der Waals surface area contributed by atoms with Gasteiger partial charge < -0.3 is 10.3 Å². The van der Waals surface area contributed by atoms with Crippen molar-refractivity contribution in [3.8, 4) is 22.8 Å². The van der Waals surface area contributed by atoms with Crippen LogP contribution in [-0.2, 0) is 0 Å². The lowest BCUT2D eigenvalue weighted by atomic mass is 10.1. The predicted octanol–water partition coefficient (Wildman–Crippen LogP) is 4.60. The highest BCUT2D eigenvalue weighted by Gasteiger charge is 2.14. The molecule has 0 amide bonds. The van der Waals surface area contributed by atoms with Crippen LogP contribution in [0, 0.1) is 6.92 Å². The average Bonchev–Trinajstić information content (AvgIpc) is 2.94. The van der Waals surface area contributed by atoms with Crippen LogP contribution < -0.4 is 5.73 Å². The summed E-state index contributed by atoms with van der Waals surface area (Å²) < 4.78 is 5.32. The monoisotopic (exact) mass is 319 g/mol. The van der Waals surface area contributed by atoms with E-state index in [1.807, 2.05) is 25.1 Å². The maximum atomic E-state index is 6.00. The van der Waals surface area contributed by atoms with Crippen LogP contribution in [0.2, 0.25) is 10.0 Å². The van der Waals surface area contributed by atoms with Crippen LogP contribution in [0.15, 0.2) is 40.9 Å². The summed E-state index contributed by atoms with van der Waals surface area (Å²) in [4.78, 5) is 4.39. The lowest BCUT2D eigenvalue weighted by molar-refractivity contribution is 0.432. The highest BCUT2D eigenvalue weighted by Crippen LogP contribution is 2.30. The van der Waals surface area contributed by atoms with E-state index in [2.05, 4.69) is 10.1 Å². The quantitative estimate of drug-likeness (QED) is 0.701. The fraction of sp³-hybridized carbons (Fsp3) is 0.0667. The minimum atomic E-state index is 0.417. The number of rotatable bonds is 2. The molecule has 0 aliphatic heterocycles. The minimum absolute atomic E-state index is 0.417. The zero-order valence-corrected chi connectivity index (χ0v) is 12.6. The number of nitrogens with two attached hydrogens (primary N) is 1. The number of aromatic nitrogens is 2. The van der Waals surface area contributed by atoms with E-state index in [4.69, 9.17) is 33.5 Å². The summed E-state index contributed by atoms with van der Waals surface area (Å²) in [5.74, 6) is 0.867. The number of nitrogen functional groups attached to an aromatic ring is 1. The second kappa shape index (κ2) is 5.39. The van der Waals surface area contributed by atoms with Gasteiger partial charge in [0.05, 0.1) is 10.0 Å². The highest BCUT2D eigenvalue weighted by atomic mass is 35.5. The maximum absolute atomic E-state index is 6.00. The molecule has 0 atom stereocenters. The SMILES string of the molecule is Cc1c(N)cccc1-c1nc(-c2ccc(Cl)c(Cl)c2)no1. The smallest absolute Gasteiger partial charge is 0.258 e. The van der Waals surface area contributed by atoms with Gasteiger partial charge in [-0.3, -0.25) is 0 Å². The molecule has 0 fully saturated rings. The van der Waals surface area contributed by atoms with Crippen LogP contribution in [0.1, 0.15) is 5.56 Å². The summed E-state index contributed by atoms with van der Waals surface area (Å²) in [6.07, 6.45) is 0. The molecule has 1 heterocycles. The minimum Gasteiger partial charge on any atom is -0.398 e. The molecule has 0 unspecified atom stereocenters. The van der Waals surface area contributed by atoms with Crippen molar-refractivity contribution in [2.45, 2.75) is 6.92 Å². The third-order valence-electron chi connectivity index (χ3n) is 3.21. The Morgan fingerprint density at radius 3 is 2.67 bits per heavy atom. The van der Waals surface area contributed by atoms with Gasteiger partial charge in [-0.1, -0.05) is 34.4 Å². The molecular weight excluding hydrogens is 309 g/mol. The molecule has 6 heteroatoms. The van der Waals surface area contributed by atoms with Crippen LogP contribution in [0.3, 0.4) is 0 Å². The number of anilines is 1. The van der Waals surface area contributed by atoms with E-state index in [9.17, 15) is 0 Å². The van der Waals surface area contributed by atoms with E-state index in [0.717, 1.165) is 16.7 Å². The van der Waals surface area contributed by atoms with Crippen LogP contribution >= 0.6 is 23.2 Å². The summed E-state index contributed by atoms with van der Waals surface area (Å²) in [5, 5.41) is 4.90. The van der Waals surface area contributed by atoms with Gasteiger partial charge in [0.25, 0.3) is 5.89 Å². The molecule has 0 aliphatic carbocycles. The van der Waals surface area contributed by atoms with Crippen molar-refractivity contribution in [2.75, 3.05) is 5.73 Å². The Morgan fingerprint density at radius 1 is 1.10 bits per heavy atom. The molecule has 1 aromatic heterocycles. The maximum Gasteiger partial charge on any atom is 0.258 e. The molecule has 3 rings (SSSR count). The van der Waals surface area contributed by atoms with Crippen molar-refractivity contribution in [3.63, 3.8) is 0 Å². The van der Waals surface area contributed by atoms with Crippen molar-refractivity contribution in [3.05, 3.63) is 52.0 Å². The van der Waals surface area contributed by atoms with Crippen LogP contribution in [0.5, 0.6) is 0 Å². The fourth-order valence-electron chi connectivity index (χ4n) is 1.97. The van der Waals surface area contributed by atoms with E-state index in [-0.39, 0.29) is 0 Å². The predicted molar refractivity (Wildman–Crippen MR) is 84.3 cm³/mol. The number of halogens is 2. The highest BCUT2D eigenvalue weighted by molar-refractivity contribution is 6.42. The Morgan fingerprint density at radius 2 is 1.90 bits per heavy atom. The molecular formula is C15H11Cl2N3O. The van der Waals surface area contributed by atoms with Gasteiger partial charge in [-0.15, -0.1) is 0 Å². The average molecular weight is 320 g/mol. The molecule has 0 aliphatic rings. The Labute approximate surface area is 131 Å². The molecule has 0 bridgehead atoms. The molecule has 0 spiro atoms. The summed E-state index contributed by atoms with van der Waals surface area (Å²) in [6, 6.07) is 10.7. The lowest BCUT2D eigenvalue weighted by Crippen LogP contribution is -1.92. The van der Waals surface area contributed by atoms with Crippen molar-refractivity contribution in [1.29, 1.82) is 0 Å².